The Bertz CT molecular complexity index is 352. The highest BCUT2D eigenvalue weighted by Gasteiger charge is 2.12. The lowest BCUT2D eigenvalue weighted by Crippen LogP contribution is -2.30. The van der Waals surface area contributed by atoms with Crippen LogP contribution in [0.3, 0.4) is 0 Å². The SMILES string of the molecule is CC(C)NC(=O)c1cc(Cl)ccc1F. The standard InChI is InChI=1S/C10H11ClFNO/c1-6(2)13-10(14)8-5-7(11)3-4-9(8)12/h3-6H,1-2H3,(H,13,14). The number of hydrogen-bond acceptors (Lipinski definition) is 1. The van der Waals surface area contributed by atoms with Crippen molar-refractivity contribution < 1.29 is 9.18 Å². The third-order valence-corrected chi connectivity index (χ3v) is 1.83. The third-order valence-electron chi connectivity index (χ3n) is 1.59. The molecule has 1 rings (SSSR count). The highest BCUT2D eigenvalue weighted by atomic mass is 35.5. The molecule has 0 unspecified atom stereocenters. The number of carbonyl (C=O) groups excluding carboxylic acids is 1. The van der Waals surface area contributed by atoms with Crippen LogP contribution < -0.4 is 5.32 Å². The maximum absolute atomic E-state index is 13.2. The van der Waals surface area contributed by atoms with E-state index in [9.17, 15) is 9.18 Å². The Labute approximate surface area is 87.1 Å². The number of rotatable bonds is 2. The van der Waals surface area contributed by atoms with Gasteiger partial charge in [-0.05, 0) is 32.0 Å². The number of amides is 1. The molecular weight excluding hydrogens is 205 g/mol. The van der Waals surface area contributed by atoms with Crippen LogP contribution in [0.15, 0.2) is 18.2 Å². The van der Waals surface area contributed by atoms with E-state index in [1.165, 1.54) is 18.2 Å². The first-order valence-electron chi connectivity index (χ1n) is 4.26. The van der Waals surface area contributed by atoms with Gasteiger partial charge in [0.1, 0.15) is 5.82 Å². The van der Waals surface area contributed by atoms with Gasteiger partial charge in [0, 0.05) is 11.1 Å². The maximum Gasteiger partial charge on any atom is 0.254 e. The van der Waals surface area contributed by atoms with Gasteiger partial charge in [0.25, 0.3) is 5.91 Å². The molecule has 0 heterocycles. The largest absolute Gasteiger partial charge is 0.350 e. The Morgan fingerprint density at radius 1 is 1.50 bits per heavy atom. The molecule has 0 fully saturated rings. The van der Waals surface area contributed by atoms with E-state index in [0.717, 1.165) is 0 Å². The minimum Gasteiger partial charge on any atom is -0.350 e. The molecular formula is C10H11ClFNO. The van der Waals surface area contributed by atoms with Gasteiger partial charge in [0.05, 0.1) is 5.56 Å². The Hall–Kier alpha value is -1.09. The van der Waals surface area contributed by atoms with Gasteiger partial charge in [0.2, 0.25) is 0 Å². The van der Waals surface area contributed by atoms with Crippen molar-refractivity contribution in [3.8, 4) is 0 Å². The van der Waals surface area contributed by atoms with Gasteiger partial charge >= 0.3 is 0 Å². The van der Waals surface area contributed by atoms with Gasteiger partial charge in [-0.1, -0.05) is 11.6 Å². The van der Waals surface area contributed by atoms with Crippen molar-refractivity contribution in [1.29, 1.82) is 0 Å². The Balaban J connectivity index is 2.94. The van der Waals surface area contributed by atoms with Gasteiger partial charge in [-0.15, -0.1) is 0 Å². The lowest BCUT2D eigenvalue weighted by molar-refractivity contribution is 0.0939. The predicted octanol–water partition coefficient (Wildman–Crippen LogP) is 2.62. The number of nitrogens with one attached hydrogen (secondary N) is 1. The van der Waals surface area contributed by atoms with Crippen LogP contribution in [0.4, 0.5) is 4.39 Å². The average molecular weight is 216 g/mol. The topological polar surface area (TPSA) is 29.1 Å². The molecule has 2 nitrogen and oxygen atoms in total. The van der Waals surface area contributed by atoms with Crippen molar-refractivity contribution in [3.05, 3.63) is 34.6 Å². The Morgan fingerprint density at radius 2 is 2.14 bits per heavy atom. The van der Waals surface area contributed by atoms with E-state index < -0.39 is 11.7 Å². The fourth-order valence-corrected chi connectivity index (χ4v) is 1.18. The first kappa shape index (κ1) is 11.0. The first-order chi connectivity index (χ1) is 6.50. The van der Waals surface area contributed by atoms with Crippen LogP contribution in [0.2, 0.25) is 5.02 Å². The van der Waals surface area contributed by atoms with Crippen LogP contribution in [-0.2, 0) is 0 Å². The molecule has 1 aromatic rings. The molecule has 0 aliphatic carbocycles. The van der Waals surface area contributed by atoms with E-state index in [2.05, 4.69) is 5.32 Å². The van der Waals surface area contributed by atoms with Gasteiger partial charge < -0.3 is 5.32 Å². The molecule has 1 N–H and O–H groups in total. The predicted molar refractivity (Wildman–Crippen MR) is 54.0 cm³/mol. The van der Waals surface area contributed by atoms with E-state index in [1.54, 1.807) is 13.8 Å². The molecule has 0 aliphatic rings. The second kappa shape index (κ2) is 4.42. The lowest BCUT2D eigenvalue weighted by Gasteiger charge is -2.08. The van der Waals surface area contributed by atoms with Crippen molar-refractivity contribution in [2.75, 3.05) is 0 Å². The number of halogens is 2. The summed E-state index contributed by atoms with van der Waals surface area (Å²) in [5.74, 6) is -1.01. The molecule has 76 valence electrons. The summed E-state index contributed by atoms with van der Waals surface area (Å²) < 4.78 is 13.2. The van der Waals surface area contributed by atoms with Crippen LogP contribution in [0.25, 0.3) is 0 Å². The molecule has 1 amide bonds. The maximum atomic E-state index is 13.2. The zero-order chi connectivity index (χ0) is 10.7. The zero-order valence-corrected chi connectivity index (χ0v) is 8.73. The molecule has 0 saturated carbocycles. The number of benzene rings is 1. The quantitative estimate of drug-likeness (QED) is 0.808. The second-order valence-corrected chi connectivity index (χ2v) is 3.69. The molecule has 14 heavy (non-hydrogen) atoms. The van der Waals surface area contributed by atoms with E-state index >= 15 is 0 Å². The van der Waals surface area contributed by atoms with Crippen LogP contribution in [0, 0.1) is 5.82 Å². The van der Waals surface area contributed by atoms with Crippen LogP contribution in [-0.4, -0.2) is 11.9 Å². The molecule has 0 saturated heterocycles. The van der Waals surface area contributed by atoms with Crippen molar-refractivity contribution in [1.82, 2.24) is 5.32 Å². The fraction of sp³-hybridized carbons (Fsp3) is 0.300. The molecule has 1 aromatic carbocycles. The third kappa shape index (κ3) is 2.70. The summed E-state index contributed by atoms with van der Waals surface area (Å²) in [6.45, 7) is 3.61. The summed E-state index contributed by atoms with van der Waals surface area (Å²) in [6.07, 6.45) is 0. The number of hydrogen-bond donors (Lipinski definition) is 1. The van der Waals surface area contributed by atoms with Crippen LogP contribution in [0.1, 0.15) is 24.2 Å². The Morgan fingerprint density at radius 3 is 2.71 bits per heavy atom. The normalized spacial score (nSPS) is 10.4. The first-order valence-corrected chi connectivity index (χ1v) is 4.64. The van der Waals surface area contributed by atoms with E-state index in [1.807, 2.05) is 0 Å². The molecule has 4 heteroatoms. The van der Waals surface area contributed by atoms with Gasteiger partial charge in [-0.2, -0.15) is 0 Å². The zero-order valence-electron chi connectivity index (χ0n) is 7.97. The molecule has 0 spiro atoms. The molecule has 0 aromatic heterocycles. The summed E-state index contributed by atoms with van der Waals surface area (Å²) in [4.78, 5) is 11.4. The molecule has 0 bridgehead atoms. The summed E-state index contributed by atoms with van der Waals surface area (Å²) in [6, 6.07) is 3.87. The van der Waals surface area contributed by atoms with Crippen molar-refractivity contribution in [2.45, 2.75) is 19.9 Å². The van der Waals surface area contributed by atoms with Gasteiger partial charge in [0.15, 0.2) is 0 Å². The van der Waals surface area contributed by atoms with Crippen molar-refractivity contribution in [2.24, 2.45) is 0 Å². The van der Waals surface area contributed by atoms with E-state index in [0.29, 0.717) is 5.02 Å². The van der Waals surface area contributed by atoms with E-state index in [4.69, 9.17) is 11.6 Å². The minimum atomic E-state index is -0.562. The highest BCUT2D eigenvalue weighted by molar-refractivity contribution is 6.30. The highest BCUT2D eigenvalue weighted by Crippen LogP contribution is 2.14. The van der Waals surface area contributed by atoms with Crippen molar-refractivity contribution in [3.63, 3.8) is 0 Å². The van der Waals surface area contributed by atoms with Crippen LogP contribution >= 0.6 is 11.6 Å². The molecule has 0 radical (unpaired) electrons. The fourth-order valence-electron chi connectivity index (χ4n) is 1.01. The smallest absolute Gasteiger partial charge is 0.254 e. The minimum absolute atomic E-state index is 0.0220. The second-order valence-electron chi connectivity index (χ2n) is 3.25. The van der Waals surface area contributed by atoms with Gasteiger partial charge in [-0.25, -0.2) is 4.39 Å². The Kier molecular flexibility index (Phi) is 3.47. The van der Waals surface area contributed by atoms with Crippen molar-refractivity contribution >= 4 is 17.5 Å². The van der Waals surface area contributed by atoms with E-state index in [-0.39, 0.29) is 11.6 Å². The summed E-state index contributed by atoms with van der Waals surface area (Å²) >= 11 is 5.65. The lowest BCUT2D eigenvalue weighted by atomic mass is 10.2. The van der Waals surface area contributed by atoms with Crippen LogP contribution in [0.5, 0.6) is 0 Å². The molecule has 0 aliphatic heterocycles. The number of carbonyl (C=O) groups is 1. The summed E-state index contributed by atoms with van der Waals surface area (Å²) in [5.41, 5.74) is -0.0220. The summed E-state index contributed by atoms with van der Waals surface area (Å²) in [5, 5.41) is 2.94. The molecule has 0 atom stereocenters. The van der Waals surface area contributed by atoms with Gasteiger partial charge in [-0.3, -0.25) is 4.79 Å². The average Bonchev–Trinajstić information content (AvgIpc) is 2.08. The monoisotopic (exact) mass is 215 g/mol. The summed E-state index contributed by atoms with van der Waals surface area (Å²) in [7, 11) is 0.